The van der Waals surface area contributed by atoms with Crippen LogP contribution in [0.2, 0.25) is 0 Å². The fourth-order valence-corrected chi connectivity index (χ4v) is 1.77. The Labute approximate surface area is 102 Å². The molecule has 0 aliphatic heterocycles. The van der Waals surface area contributed by atoms with Crippen LogP contribution in [0.5, 0.6) is 0 Å². The molecule has 0 bridgehead atoms. The first kappa shape index (κ1) is 11.1. The number of pyridine rings is 1. The van der Waals surface area contributed by atoms with Crippen LogP contribution in [0.15, 0.2) is 34.9 Å². The van der Waals surface area contributed by atoms with E-state index in [4.69, 9.17) is 5.11 Å². The lowest BCUT2D eigenvalue weighted by molar-refractivity contribution is 0.253. The van der Waals surface area contributed by atoms with E-state index in [2.05, 4.69) is 32.8 Å². The summed E-state index contributed by atoms with van der Waals surface area (Å²) in [7, 11) is 0. The first-order chi connectivity index (χ1) is 7.66. The van der Waals surface area contributed by atoms with E-state index in [1.807, 2.05) is 24.3 Å². The Morgan fingerprint density at radius 3 is 2.94 bits per heavy atom. The number of rotatable bonds is 0. The van der Waals surface area contributed by atoms with Crippen molar-refractivity contribution in [3.63, 3.8) is 0 Å². The Balaban J connectivity index is 2.62. The Bertz CT molecular complexity index is 581. The van der Waals surface area contributed by atoms with Gasteiger partial charge in [0.2, 0.25) is 0 Å². The molecule has 3 heteroatoms. The fourth-order valence-electron chi connectivity index (χ4n) is 1.41. The number of hydrogen-bond acceptors (Lipinski definition) is 2. The Kier molecular flexibility index (Phi) is 3.23. The van der Waals surface area contributed by atoms with Crippen molar-refractivity contribution in [3.8, 4) is 11.8 Å². The Hall–Kier alpha value is -1.37. The molecule has 2 aromatic rings. The molecule has 1 heterocycles. The molecular formula is C13H10BrNO. The third-order valence-electron chi connectivity index (χ3n) is 2.12. The summed E-state index contributed by atoms with van der Waals surface area (Å²) in [6.07, 6.45) is 1.11. The largest absolute Gasteiger partial charge is 0.381 e. The molecule has 0 amide bonds. The number of halogens is 1. The van der Waals surface area contributed by atoms with Gasteiger partial charge in [0.1, 0.15) is 6.10 Å². The minimum absolute atomic E-state index is 0.615. The van der Waals surface area contributed by atoms with Gasteiger partial charge in [0.25, 0.3) is 0 Å². The van der Waals surface area contributed by atoms with Crippen LogP contribution in [0.25, 0.3) is 10.9 Å². The van der Waals surface area contributed by atoms with Crippen LogP contribution in [0.4, 0.5) is 0 Å². The predicted octanol–water partition coefficient (Wildman–Crippen LogP) is 2.73. The molecule has 1 atom stereocenters. The van der Waals surface area contributed by atoms with Crippen molar-refractivity contribution in [2.45, 2.75) is 13.0 Å². The van der Waals surface area contributed by atoms with Crippen molar-refractivity contribution in [1.29, 1.82) is 0 Å². The van der Waals surface area contributed by atoms with Crippen LogP contribution in [0, 0.1) is 11.8 Å². The molecule has 1 N–H and O–H groups in total. The van der Waals surface area contributed by atoms with Gasteiger partial charge in [-0.1, -0.05) is 27.8 Å². The second kappa shape index (κ2) is 4.65. The zero-order valence-electron chi connectivity index (χ0n) is 8.74. The van der Waals surface area contributed by atoms with Crippen LogP contribution in [-0.2, 0) is 0 Å². The van der Waals surface area contributed by atoms with Crippen molar-refractivity contribution in [1.82, 2.24) is 4.98 Å². The average molecular weight is 276 g/mol. The van der Waals surface area contributed by atoms with E-state index in [0.29, 0.717) is 0 Å². The van der Waals surface area contributed by atoms with E-state index < -0.39 is 6.10 Å². The van der Waals surface area contributed by atoms with Gasteiger partial charge in [0.05, 0.1) is 5.52 Å². The van der Waals surface area contributed by atoms with Gasteiger partial charge in [0.15, 0.2) is 0 Å². The molecule has 2 nitrogen and oxygen atoms in total. The molecule has 0 fully saturated rings. The topological polar surface area (TPSA) is 33.1 Å². The highest BCUT2D eigenvalue weighted by Crippen LogP contribution is 2.20. The van der Waals surface area contributed by atoms with Crippen molar-refractivity contribution in [3.05, 3.63) is 40.5 Å². The highest BCUT2D eigenvalue weighted by Gasteiger charge is 2.00. The van der Waals surface area contributed by atoms with Crippen LogP contribution in [0.1, 0.15) is 12.5 Å². The summed E-state index contributed by atoms with van der Waals surface area (Å²) in [6.45, 7) is 1.65. The SMILES string of the molecule is C[C@H](O)C#Cc1ccnc2ccc(Br)cc12. The lowest BCUT2D eigenvalue weighted by atomic mass is 10.1. The molecule has 0 spiro atoms. The van der Waals surface area contributed by atoms with Gasteiger partial charge >= 0.3 is 0 Å². The molecule has 16 heavy (non-hydrogen) atoms. The predicted molar refractivity (Wildman–Crippen MR) is 68.0 cm³/mol. The maximum atomic E-state index is 9.14. The standard InChI is InChI=1S/C13H10BrNO/c1-9(16)2-3-10-6-7-15-13-5-4-11(14)8-12(10)13/h4-9,16H,1H3/t9-/m0/s1. The lowest BCUT2D eigenvalue weighted by Crippen LogP contribution is -1.93. The van der Waals surface area contributed by atoms with Crippen LogP contribution < -0.4 is 0 Å². The molecule has 0 saturated carbocycles. The molecule has 0 unspecified atom stereocenters. The first-order valence-corrected chi connectivity index (χ1v) is 5.70. The number of aliphatic hydroxyl groups is 1. The van der Waals surface area contributed by atoms with Crippen LogP contribution >= 0.6 is 15.9 Å². The number of hydrogen-bond donors (Lipinski definition) is 1. The van der Waals surface area contributed by atoms with Crippen molar-refractivity contribution >= 4 is 26.8 Å². The third kappa shape index (κ3) is 2.41. The summed E-state index contributed by atoms with van der Waals surface area (Å²) in [5, 5.41) is 10.1. The van der Waals surface area contributed by atoms with E-state index in [1.54, 1.807) is 13.1 Å². The maximum absolute atomic E-state index is 9.14. The van der Waals surface area contributed by atoms with E-state index in [0.717, 1.165) is 20.9 Å². The normalized spacial score (nSPS) is 11.9. The summed E-state index contributed by atoms with van der Waals surface area (Å²) in [4.78, 5) is 4.26. The summed E-state index contributed by atoms with van der Waals surface area (Å²) in [6, 6.07) is 7.72. The molecule has 0 aliphatic rings. The minimum atomic E-state index is -0.615. The molecule has 0 saturated heterocycles. The van der Waals surface area contributed by atoms with E-state index >= 15 is 0 Å². The molecule has 1 aromatic heterocycles. The van der Waals surface area contributed by atoms with E-state index in [1.165, 1.54) is 0 Å². The van der Waals surface area contributed by atoms with Crippen molar-refractivity contribution < 1.29 is 5.11 Å². The van der Waals surface area contributed by atoms with Gasteiger partial charge in [-0.15, -0.1) is 0 Å². The van der Waals surface area contributed by atoms with Gasteiger partial charge in [-0.2, -0.15) is 0 Å². The van der Waals surface area contributed by atoms with Gasteiger partial charge in [-0.25, -0.2) is 0 Å². The molecular weight excluding hydrogens is 266 g/mol. The molecule has 2 rings (SSSR count). The quantitative estimate of drug-likeness (QED) is 0.750. The summed E-state index contributed by atoms with van der Waals surface area (Å²) >= 11 is 3.42. The van der Waals surface area contributed by atoms with Crippen molar-refractivity contribution in [2.75, 3.05) is 0 Å². The number of fused-ring (bicyclic) bond motifs is 1. The van der Waals surface area contributed by atoms with E-state index in [9.17, 15) is 0 Å². The van der Waals surface area contributed by atoms with Gasteiger partial charge in [0, 0.05) is 21.6 Å². The zero-order valence-corrected chi connectivity index (χ0v) is 10.3. The summed E-state index contributed by atoms with van der Waals surface area (Å²) in [5.74, 6) is 5.69. The van der Waals surface area contributed by atoms with Gasteiger partial charge in [-0.3, -0.25) is 4.98 Å². The molecule has 0 aliphatic carbocycles. The molecule has 80 valence electrons. The fraction of sp³-hybridized carbons (Fsp3) is 0.154. The van der Waals surface area contributed by atoms with Gasteiger partial charge < -0.3 is 5.11 Å². The number of aromatic nitrogens is 1. The summed E-state index contributed by atoms with van der Waals surface area (Å²) in [5.41, 5.74) is 1.78. The second-order valence-corrected chi connectivity index (χ2v) is 4.38. The molecule has 1 aromatic carbocycles. The Morgan fingerprint density at radius 2 is 2.19 bits per heavy atom. The first-order valence-electron chi connectivity index (χ1n) is 4.91. The highest BCUT2D eigenvalue weighted by molar-refractivity contribution is 9.10. The number of benzene rings is 1. The monoisotopic (exact) mass is 275 g/mol. The van der Waals surface area contributed by atoms with Gasteiger partial charge in [-0.05, 0) is 31.2 Å². The summed E-state index contributed by atoms with van der Waals surface area (Å²) < 4.78 is 0.994. The van der Waals surface area contributed by atoms with E-state index in [-0.39, 0.29) is 0 Å². The third-order valence-corrected chi connectivity index (χ3v) is 2.61. The molecule has 0 radical (unpaired) electrons. The Morgan fingerprint density at radius 1 is 1.38 bits per heavy atom. The number of nitrogens with zero attached hydrogens (tertiary/aromatic N) is 1. The highest BCUT2D eigenvalue weighted by atomic mass is 79.9. The minimum Gasteiger partial charge on any atom is -0.381 e. The maximum Gasteiger partial charge on any atom is 0.112 e. The lowest BCUT2D eigenvalue weighted by Gasteiger charge is -2.00. The van der Waals surface area contributed by atoms with Crippen LogP contribution in [0.3, 0.4) is 0 Å². The smallest absolute Gasteiger partial charge is 0.112 e. The average Bonchev–Trinajstić information content (AvgIpc) is 2.26. The van der Waals surface area contributed by atoms with Crippen LogP contribution in [-0.4, -0.2) is 16.2 Å². The van der Waals surface area contributed by atoms with Crippen molar-refractivity contribution in [2.24, 2.45) is 0 Å². The number of aliphatic hydroxyl groups excluding tert-OH is 1. The zero-order chi connectivity index (χ0) is 11.5. The second-order valence-electron chi connectivity index (χ2n) is 3.47.